The molecule has 0 unspecified atom stereocenters. The molecule has 1 N–H and O–H groups in total. The fourth-order valence-corrected chi connectivity index (χ4v) is 4.50. The lowest BCUT2D eigenvalue weighted by Gasteiger charge is -2.46. The van der Waals surface area contributed by atoms with Gasteiger partial charge in [0.1, 0.15) is 5.25 Å². The van der Waals surface area contributed by atoms with Gasteiger partial charge in [0, 0.05) is 22.0 Å². The van der Waals surface area contributed by atoms with Crippen LogP contribution in [0.15, 0.2) is 22.7 Å². The number of carbonyl (C=O) groups excluding carboxylic acids is 1. The first kappa shape index (κ1) is 12.1. The second-order valence-corrected chi connectivity index (χ2v) is 6.97. The van der Waals surface area contributed by atoms with Crippen LogP contribution in [0.2, 0.25) is 0 Å². The van der Waals surface area contributed by atoms with Crippen LogP contribution in [0.5, 0.6) is 0 Å². The zero-order valence-corrected chi connectivity index (χ0v) is 11.5. The van der Waals surface area contributed by atoms with Crippen molar-refractivity contribution < 1.29 is 17.1 Å². The number of carbonyl (C=O) groups is 1. The topological polar surface area (TPSA) is 63.2 Å². The summed E-state index contributed by atoms with van der Waals surface area (Å²) >= 11 is 3.31. The fraction of sp³-hybridized carbons (Fsp3) is 0.364. The lowest BCUT2D eigenvalue weighted by molar-refractivity contribution is 0.0878. The summed E-state index contributed by atoms with van der Waals surface area (Å²) in [6, 6.07) is 4.75. The highest BCUT2D eigenvalue weighted by molar-refractivity contribution is 9.10. The maximum Gasteiger partial charge on any atom is 0.306 e. The van der Waals surface area contributed by atoms with E-state index in [0.717, 1.165) is 0 Å². The average Bonchev–Trinajstić information content (AvgIpc) is 2.22. The predicted octanol–water partition coefficient (Wildman–Crippen LogP) is 1.72. The monoisotopic (exact) mass is 333 g/mol. The van der Waals surface area contributed by atoms with E-state index in [9.17, 15) is 17.1 Å². The molecule has 1 saturated carbocycles. The molecular formula is C11H9BrFNO3S. The van der Waals surface area contributed by atoms with Gasteiger partial charge in [0.25, 0.3) is 5.91 Å². The van der Waals surface area contributed by atoms with Crippen molar-refractivity contribution in [2.75, 3.05) is 0 Å². The van der Waals surface area contributed by atoms with Gasteiger partial charge in [-0.3, -0.25) is 4.79 Å². The van der Waals surface area contributed by atoms with Crippen molar-refractivity contribution in [3.05, 3.63) is 33.8 Å². The molecule has 7 heteroatoms. The number of rotatable bonds is 1. The molecule has 1 aliphatic heterocycles. The van der Waals surface area contributed by atoms with E-state index in [4.69, 9.17) is 0 Å². The summed E-state index contributed by atoms with van der Waals surface area (Å²) in [4.78, 5) is 11.8. The summed E-state index contributed by atoms with van der Waals surface area (Å²) in [6.07, 6.45) is 0.135. The molecular weight excluding hydrogens is 325 g/mol. The molecule has 1 heterocycles. The third kappa shape index (κ3) is 1.60. The molecule has 1 amide bonds. The number of hydrogen-bond donors (Lipinski definition) is 1. The lowest BCUT2D eigenvalue weighted by Crippen LogP contribution is -2.59. The predicted molar refractivity (Wildman–Crippen MR) is 66.6 cm³/mol. The van der Waals surface area contributed by atoms with Crippen LogP contribution < -0.4 is 5.32 Å². The summed E-state index contributed by atoms with van der Waals surface area (Å²) < 4.78 is 36.0. The van der Waals surface area contributed by atoms with E-state index >= 15 is 0 Å². The molecule has 3 atom stereocenters. The van der Waals surface area contributed by atoms with Crippen LogP contribution in [0.3, 0.4) is 0 Å². The highest BCUT2D eigenvalue weighted by Gasteiger charge is 2.53. The second-order valence-electron chi connectivity index (χ2n) is 4.56. The molecule has 0 aromatic heterocycles. The highest BCUT2D eigenvalue weighted by atomic mass is 79.9. The van der Waals surface area contributed by atoms with Crippen LogP contribution in [0.1, 0.15) is 28.3 Å². The summed E-state index contributed by atoms with van der Waals surface area (Å²) in [5, 5.41) is 1.66. The molecule has 4 nitrogen and oxygen atoms in total. The molecule has 0 saturated heterocycles. The summed E-state index contributed by atoms with van der Waals surface area (Å²) in [6.45, 7) is 0. The Morgan fingerprint density at radius 2 is 2.11 bits per heavy atom. The molecule has 96 valence electrons. The number of amides is 1. The Morgan fingerprint density at radius 3 is 2.78 bits per heavy atom. The van der Waals surface area contributed by atoms with E-state index < -0.39 is 21.4 Å². The first-order valence-electron chi connectivity index (χ1n) is 5.42. The van der Waals surface area contributed by atoms with Gasteiger partial charge in [-0.25, -0.2) is 0 Å². The Balaban J connectivity index is 2.15. The van der Waals surface area contributed by atoms with Crippen molar-refractivity contribution in [3.63, 3.8) is 0 Å². The third-order valence-corrected chi connectivity index (χ3v) is 5.53. The molecule has 2 aliphatic rings. The van der Waals surface area contributed by atoms with Crippen molar-refractivity contribution >= 4 is 32.1 Å². The van der Waals surface area contributed by atoms with Gasteiger partial charge in [-0.15, -0.1) is 3.89 Å². The summed E-state index contributed by atoms with van der Waals surface area (Å²) in [5.41, 5.74) is 1.02. The Morgan fingerprint density at radius 1 is 1.39 bits per heavy atom. The molecule has 18 heavy (non-hydrogen) atoms. The molecule has 0 radical (unpaired) electrons. The van der Waals surface area contributed by atoms with Gasteiger partial charge in [0.15, 0.2) is 0 Å². The van der Waals surface area contributed by atoms with Crippen LogP contribution >= 0.6 is 15.9 Å². The van der Waals surface area contributed by atoms with E-state index in [1.54, 1.807) is 18.2 Å². The first-order valence-corrected chi connectivity index (χ1v) is 7.66. The molecule has 3 rings (SSSR count). The molecule has 1 aromatic carbocycles. The van der Waals surface area contributed by atoms with Crippen LogP contribution in [0.25, 0.3) is 0 Å². The minimum atomic E-state index is -4.59. The molecule has 1 aliphatic carbocycles. The normalized spacial score (nSPS) is 29.9. The highest BCUT2D eigenvalue weighted by Crippen LogP contribution is 2.48. The Kier molecular flexibility index (Phi) is 2.54. The van der Waals surface area contributed by atoms with Gasteiger partial charge >= 0.3 is 10.2 Å². The van der Waals surface area contributed by atoms with Crippen molar-refractivity contribution in [1.82, 2.24) is 5.32 Å². The smallest absolute Gasteiger partial charge is 0.306 e. The Hall–Kier alpha value is -0.950. The van der Waals surface area contributed by atoms with Crippen molar-refractivity contribution in [2.24, 2.45) is 0 Å². The van der Waals surface area contributed by atoms with E-state index in [1.807, 2.05) is 0 Å². The number of fused-ring (bicyclic) bond motifs is 3. The zero-order valence-electron chi connectivity index (χ0n) is 9.06. The van der Waals surface area contributed by atoms with Crippen LogP contribution in [0, 0.1) is 0 Å². The zero-order chi connectivity index (χ0) is 13.1. The molecule has 1 fully saturated rings. The van der Waals surface area contributed by atoms with E-state index in [1.165, 1.54) is 0 Å². The maximum absolute atomic E-state index is 13.2. The van der Waals surface area contributed by atoms with Crippen LogP contribution in [0.4, 0.5) is 3.89 Å². The van der Waals surface area contributed by atoms with Crippen molar-refractivity contribution in [2.45, 2.75) is 23.6 Å². The van der Waals surface area contributed by atoms with Crippen molar-refractivity contribution in [1.29, 1.82) is 0 Å². The van der Waals surface area contributed by atoms with E-state index in [2.05, 4.69) is 21.2 Å². The molecule has 0 bridgehead atoms. The first-order chi connectivity index (χ1) is 8.39. The largest absolute Gasteiger partial charge is 0.349 e. The maximum atomic E-state index is 13.2. The minimum absolute atomic E-state index is 0.135. The second kappa shape index (κ2) is 3.77. The SMILES string of the molecule is O=C1N[C@@H]2C[C@@H](S(=O)(=O)F)[C@@H]2c2c(Br)cccc21. The summed E-state index contributed by atoms with van der Waals surface area (Å²) in [5.74, 6) is -0.731. The van der Waals surface area contributed by atoms with Gasteiger partial charge < -0.3 is 5.32 Å². The minimum Gasteiger partial charge on any atom is -0.349 e. The number of halogens is 2. The van der Waals surface area contributed by atoms with Gasteiger partial charge in [-0.1, -0.05) is 22.0 Å². The molecule has 0 spiro atoms. The fourth-order valence-electron chi connectivity index (χ4n) is 2.75. The number of benzene rings is 1. The number of hydrogen-bond acceptors (Lipinski definition) is 3. The summed E-state index contributed by atoms with van der Waals surface area (Å²) in [7, 11) is -4.59. The number of nitrogens with one attached hydrogen (secondary N) is 1. The average molecular weight is 334 g/mol. The van der Waals surface area contributed by atoms with Gasteiger partial charge in [-0.2, -0.15) is 8.42 Å². The Labute approximate surface area is 112 Å². The van der Waals surface area contributed by atoms with Crippen LogP contribution in [-0.2, 0) is 10.2 Å². The van der Waals surface area contributed by atoms with Gasteiger partial charge in [0.2, 0.25) is 0 Å². The van der Waals surface area contributed by atoms with E-state index in [-0.39, 0.29) is 18.4 Å². The third-order valence-electron chi connectivity index (χ3n) is 3.63. The van der Waals surface area contributed by atoms with E-state index in [0.29, 0.717) is 15.6 Å². The van der Waals surface area contributed by atoms with Gasteiger partial charge in [0.05, 0.1) is 0 Å². The van der Waals surface area contributed by atoms with Gasteiger partial charge in [-0.05, 0) is 24.1 Å². The standard InChI is InChI=1S/C11H9BrFNO3S/c12-6-3-1-2-5-9(6)10-7(14-11(5)15)4-8(10)18(13,16)17/h1-3,7-8,10H,4H2,(H,14,15)/t7-,8-,10-/m1/s1. The molecule has 1 aromatic rings. The lowest BCUT2D eigenvalue weighted by atomic mass is 9.70. The quantitative estimate of drug-likeness (QED) is 0.796. The van der Waals surface area contributed by atoms with Crippen LogP contribution in [-0.4, -0.2) is 25.6 Å². The Bertz CT molecular complexity index is 646. The van der Waals surface area contributed by atoms with Crippen molar-refractivity contribution in [3.8, 4) is 0 Å².